The molecule has 0 bridgehead atoms. The zero-order valence-corrected chi connectivity index (χ0v) is 11.7. The van der Waals surface area contributed by atoms with Crippen molar-refractivity contribution < 1.29 is 19.7 Å². The summed E-state index contributed by atoms with van der Waals surface area (Å²) in [5.41, 5.74) is 0. The van der Waals surface area contributed by atoms with Crippen LogP contribution in [-0.4, -0.2) is 71.0 Å². The largest absolute Gasteiger partial charge is 0.386 e. The van der Waals surface area contributed by atoms with Gasteiger partial charge < -0.3 is 25.2 Å². The van der Waals surface area contributed by atoms with Crippen molar-refractivity contribution in [1.29, 1.82) is 0 Å². The lowest BCUT2D eigenvalue weighted by Gasteiger charge is -2.40. The fourth-order valence-corrected chi connectivity index (χ4v) is 2.03. The summed E-state index contributed by atoms with van der Waals surface area (Å²) >= 11 is 10.8. The Morgan fingerprint density at radius 3 is 2.61 bits per heavy atom. The Morgan fingerprint density at radius 2 is 2.11 bits per heavy atom. The van der Waals surface area contributed by atoms with Crippen LogP contribution < -0.4 is 5.32 Å². The predicted molar refractivity (Wildman–Crippen MR) is 67.5 cm³/mol. The molecule has 18 heavy (non-hydrogen) atoms. The van der Waals surface area contributed by atoms with Crippen molar-refractivity contribution in [2.75, 3.05) is 20.6 Å². The third-order valence-corrected chi connectivity index (χ3v) is 3.28. The second-order valence-corrected chi connectivity index (χ2v) is 5.55. The van der Waals surface area contributed by atoms with Crippen LogP contribution in [0.2, 0.25) is 0 Å². The number of hydrogen-bond acceptors (Lipinski definition) is 5. The van der Waals surface area contributed by atoms with Crippen LogP contribution in [0.15, 0.2) is 0 Å². The number of aliphatic hydroxyl groups is 2. The maximum atomic E-state index is 11.2. The summed E-state index contributed by atoms with van der Waals surface area (Å²) in [4.78, 5) is 11.9. The highest BCUT2D eigenvalue weighted by Crippen LogP contribution is 2.21. The lowest BCUT2D eigenvalue weighted by molar-refractivity contribution is -0.232. The van der Waals surface area contributed by atoms with Gasteiger partial charge in [-0.3, -0.25) is 4.79 Å². The molecule has 8 heteroatoms. The topological polar surface area (TPSA) is 82.0 Å². The van der Waals surface area contributed by atoms with Crippen LogP contribution >= 0.6 is 23.2 Å². The standard InChI is InChI=1S/C10H18Cl2N2O4/c1-14(2)6-3-5(18-10(17)7(6)15)4-13-9(16)8(11)12/h5-8,10,15,17H,3-4H2,1-2H3,(H,13,16)/t5?,6?,7?,10-/m1/s1. The van der Waals surface area contributed by atoms with E-state index in [9.17, 15) is 15.0 Å². The molecule has 4 atom stereocenters. The quantitative estimate of drug-likeness (QED) is 0.599. The molecule has 0 aromatic rings. The molecule has 1 heterocycles. The average molecular weight is 301 g/mol. The summed E-state index contributed by atoms with van der Waals surface area (Å²) in [6, 6.07) is -0.238. The van der Waals surface area contributed by atoms with Crippen LogP contribution in [-0.2, 0) is 9.53 Å². The van der Waals surface area contributed by atoms with Gasteiger partial charge in [0.1, 0.15) is 6.10 Å². The third-order valence-electron chi connectivity index (χ3n) is 2.89. The Morgan fingerprint density at radius 1 is 1.50 bits per heavy atom. The first kappa shape index (κ1) is 15.9. The van der Waals surface area contributed by atoms with Crippen LogP contribution in [0.5, 0.6) is 0 Å². The molecule has 3 unspecified atom stereocenters. The first-order valence-electron chi connectivity index (χ1n) is 5.56. The fourth-order valence-electron chi connectivity index (χ4n) is 1.87. The molecule has 1 amide bonds. The molecule has 106 valence electrons. The van der Waals surface area contributed by atoms with E-state index in [2.05, 4.69) is 5.32 Å². The van der Waals surface area contributed by atoms with Gasteiger partial charge in [-0.1, -0.05) is 23.2 Å². The third kappa shape index (κ3) is 4.22. The van der Waals surface area contributed by atoms with Crippen molar-refractivity contribution in [3.63, 3.8) is 0 Å². The molecule has 1 fully saturated rings. The molecule has 0 saturated carbocycles. The Hall–Kier alpha value is -0.110. The SMILES string of the molecule is CN(C)C1CC(CNC(=O)C(Cl)Cl)O[C@@H](O)C1O. The molecule has 0 spiro atoms. The van der Waals surface area contributed by atoms with Crippen molar-refractivity contribution in [3.8, 4) is 0 Å². The summed E-state index contributed by atoms with van der Waals surface area (Å²) in [5.74, 6) is -0.510. The van der Waals surface area contributed by atoms with E-state index < -0.39 is 29.2 Å². The second kappa shape index (κ2) is 6.88. The van der Waals surface area contributed by atoms with Gasteiger partial charge in [-0.2, -0.15) is 0 Å². The van der Waals surface area contributed by atoms with E-state index in [0.717, 1.165) is 0 Å². The van der Waals surface area contributed by atoms with E-state index in [4.69, 9.17) is 27.9 Å². The van der Waals surface area contributed by atoms with E-state index in [1.54, 1.807) is 19.0 Å². The van der Waals surface area contributed by atoms with Gasteiger partial charge in [-0.05, 0) is 20.5 Å². The first-order valence-corrected chi connectivity index (χ1v) is 6.44. The number of nitrogens with zero attached hydrogens (tertiary/aromatic N) is 1. The van der Waals surface area contributed by atoms with Gasteiger partial charge >= 0.3 is 0 Å². The summed E-state index contributed by atoms with van der Waals surface area (Å²) in [5, 5.41) is 21.8. The van der Waals surface area contributed by atoms with Crippen molar-refractivity contribution in [3.05, 3.63) is 0 Å². The number of hydrogen-bond donors (Lipinski definition) is 3. The average Bonchev–Trinajstić information content (AvgIpc) is 2.29. The van der Waals surface area contributed by atoms with Crippen LogP contribution in [0.25, 0.3) is 0 Å². The van der Waals surface area contributed by atoms with Crippen molar-refractivity contribution in [2.45, 2.75) is 35.8 Å². The molecule has 1 aliphatic rings. The Labute approximate surface area is 116 Å². The number of ether oxygens (including phenoxy) is 1. The summed E-state index contributed by atoms with van der Waals surface area (Å²) in [6.45, 7) is 0.183. The van der Waals surface area contributed by atoms with E-state index in [0.29, 0.717) is 6.42 Å². The highest BCUT2D eigenvalue weighted by molar-refractivity contribution is 6.53. The normalized spacial score (nSPS) is 32.9. The first-order chi connectivity index (χ1) is 8.32. The number of nitrogens with one attached hydrogen (secondary N) is 1. The number of alkyl halides is 2. The van der Waals surface area contributed by atoms with E-state index >= 15 is 0 Å². The molecule has 1 saturated heterocycles. The molecule has 0 aromatic heterocycles. The molecule has 0 radical (unpaired) electrons. The Balaban J connectivity index is 2.50. The van der Waals surface area contributed by atoms with Crippen LogP contribution in [0, 0.1) is 0 Å². The van der Waals surface area contributed by atoms with Crippen molar-refractivity contribution in [2.24, 2.45) is 0 Å². The molecular weight excluding hydrogens is 283 g/mol. The minimum atomic E-state index is -1.27. The molecule has 0 aromatic carbocycles. The molecule has 6 nitrogen and oxygen atoms in total. The van der Waals surface area contributed by atoms with Gasteiger partial charge in [0.25, 0.3) is 5.91 Å². The molecule has 0 aliphatic carbocycles. The van der Waals surface area contributed by atoms with Gasteiger partial charge in [0, 0.05) is 12.6 Å². The Kier molecular flexibility index (Phi) is 6.10. The molecule has 1 rings (SSSR count). The monoisotopic (exact) mass is 300 g/mol. The van der Waals surface area contributed by atoms with E-state index in [1.807, 2.05) is 0 Å². The van der Waals surface area contributed by atoms with Crippen LogP contribution in [0.3, 0.4) is 0 Å². The number of carbonyl (C=O) groups excluding carboxylic acids is 1. The molecule has 1 aliphatic heterocycles. The summed E-state index contributed by atoms with van der Waals surface area (Å²) in [7, 11) is 3.60. The maximum absolute atomic E-state index is 11.2. The van der Waals surface area contributed by atoms with Gasteiger partial charge in [0.2, 0.25) is 0 Å². The second-order valence-electron chi connectivity index (χ2n) is 4.45. The van der Waals surface area contributed by atoms with Crippen molar-refractivity contribution in [1.82, 2.24) is 10.2 Å². The predicted octanol–water partition coefficient (Wildman–Crippen LogP) is -0.695. The minimum absolute atomic E-state index is 0.183. The van der Waals surface area contributed by atoms with Gasteiger partial charge in [0.15, 0.2) is 11.1 Å². The van der Waals surface area contributed by atoms with Gasteiger partial charge in [0.05, 0.1) is 6.10 Å². The lowest BCUT2D eigenvalue weighted by Crippen LogP contribution is -2.55. The van der Waals surface area contributed by atoms with Gasteiger partial charge in [-0.15, -0.1) is 0 Å². The highest BCUT2D eigenvalue weighted by atomic mass is 35.5. The molecular formula is C10H18Cl2N2O4. The Bertz CT molecular complexity index is 291. The number of likely N-dealkylation sites (N-methyl/N-ethyl adjacent to an activating group) is 1. The van der Waals surface area contributed by atoms with Crippen LogP contribution in [0.4, 0.5) is 0 Å². The highest BCUT2D eigenvalue weighted by Gasteiger charge is 2.37. The number of halogens is 2. The number of amides is 1. The maximum Gasteiger partial charge on any atom is 0.253 e. The van der Waals surface area contributed by atoms with Crippen LogP contribution in [0.1, 0.15) is 6.42 Å². The summed E-state index contributed by atoms with van der Waals surface area (Å²) in [6.07, 6.45) is -2.15. The van der Waals surface area contributed by atoms with Gasteiger partial charge in [-0.25, -0.2) is 0 Å². The number of aliphatic hydroxyl groups excluding tert-OH is 2. The van der Waals surface area contributed by atoms with Crippen molar-refractivity contribution >= 4 is 29.1 Å². The zero-order chi connectivity index (χ0) is 13.9. The smallest absolute Gasteiger partial charge is 0.253 e. The van der Waals surface area contributed by atoms with E-state index in [1.165, 1.54) is 0 Å². The lowest BCUT2D eigenvalue weighted by atomic mass is 9.98. The number of rotatable bonds is 4. The van der Waals surface area contributed by atoms with E-state index in [-0.39, 0.29) is 12.6 Å². The molecule has 3 N–H and O–H groups in total. The zero-order valence-electron chi connectivity index (χ0n) is 10.2. The minimum Gasteiger partial charge on any atom is -0.386 e. The fraction of sp³-hybridized carbons (Fsp3) is 0.900. The summed E-state index contributed by atoms with van der Waals surface area (Å²) < 4.78 is 5.19. The number of carbonyl (C=O) groups is 1.